The fourth-order valence-corrected chi connectivity index (χ4v) is 2.73. The number of hydrogen-bond acceptors (Lipinski definition) is 7. The van der Waals surface area contributed by atoms with Gasteiger partial charge in [-0.3, -0.25) is 14.4 Å². The number of carbonyl (C=O) groups is 3. The number of amides is 1. The van der Waals surface area contributed by atoms with Crippen LogP contribution in [-0.4, -0.2) is 50.1 Å². The first-order valence-electron chi connectivity index (χ1n) is 8.83. The molecule has 9 heteroatoms. The number of carbonyl (C=O) groups excluding carboxylic acids is 2. The molecule has 1 aliphatic heterocycles. The number of rotatable bonds is 8. The highest BCUT2D eigenvalue weighted by molar-refractivity contribution is 6.14. The molecule has 30 heavy (non-hydrogen) atoms. The van der Waals surface area contributed by atoms with E-state index in [4.69, 9.17) is 24.1 Å². The van der Waals surface area contributed by atoms with Crippen molar-refractivity contribution in [3.63, 3.8) is 0 Å². The number of nitrogens with one attached hydrogen (secondary N) is 1. The minimum absolute atomic E-state index is 0.133. The number of ketones is 1. The number of aliphatic carboxylic acids is 1. The second kappa shape index (κ2) is 8.99. The van der Waals surface area contributed by atoms with Gasteiger partial charge in [-0.1, -0.05) is 6.07 Å². The van der Waals surface area contributed by atoms with Gasteiger partial charge < -0.3 is 29.4 Å². The molecule has 0 fully saturated rings. The summed E-state index contributed by atoms with van der Waals surface area (Å²) < 4.78 is 21.4. The molecule has 0 spiro atoms. The second-order valence-corrected chi connectivity index (χ2v) is 6.17. The summed E-state index contributed by atoms with van der Waals surface area (Å²) in [5.74, 6) is -0.193. The molecule has 1 amide bonds. The largest absolute Gasteiger partial charge is 0.493 e. The lowest BCUT2D eigenvalue weighted by Crippen LogP contribution is -2.33. The van der Waals surface area contributed by atoms with Gasteiger partial charge in [0.2, 0.25) is 5.78 Å². The lowest BCUT2D eigenvalue weighted by molar-refractivity contribution is -0.138. The van der Waals surface area contributed by atoms with Gasteiger partial charge in [0.25, 0.3) is 5.91 Å². The molecule has 0 aliphatic carbocycles. The molecule has 2 aromatic carbocycles. The summed E-state index contributed by atoms with van der Waals surface area (Å²) in [6.07, 6.45) is 1.59. The molecular formula is C21H19NO8. The number of methoxy groups -OCH3 is 2. The minimum Gasteiger partial charge on any atom is -0.493 e. The van der Waals surface area contributed by atoms with E-state index in [-0.39, 0.29) is 18.1 Å². The van der Waals surface area contributed by atoms with Crippen LogP contribution in [0, 0.1) is 0 Å². The summed E-state index contributed by atoms with van der Waals surface area (Å²) in [5, 5.41) is 10.7. The van der Waals surface area contributed by atoms with E-state index in [9.17, 15) is 14.4 Å². The lowest BCUT2D eigenvalue weighted by Gasteiger charge is -2.08. The van der Waals surface area contributed by atoms with Crippen molar-refractivity contribution >= 4 is 23.7 Å². The Kier molecular flexibility index (Phi) is 6.21. The predicted molar refractivity (Wildman–Crippen MR) is 105 cm³/mol. The van der Waals surface area contributed by atoms with E-state index in [1.165, 1.54) is 32.4 Å². The Morgan fingerprint density at radius 2 is 1.87 bits per heavy atom. The van der Waals surface area contributed by atoms with Gasteiger partial charge in [0.05, 0.1) is 19.8 Å². The third kappa shape index (κ3) is 4.69. The number of benzene rings is 2. The number of carboxylic acids is 1. The van der Waals surface area contributed by atoms with E-state index in [2.05, 4.69) is 5.32 Å². The van der Waals surface area contributed by atoms with E-state index in [1.807, 2.05) is 0 Å². The summed E-state index contributed by atoms with van der Waals surface area (Å²) in [6, 6.07) is 9.77. The summed E-state index contributed by atoms with van der Waals surface area (Å²) >= 11 is 0. The molecule has 0 unspecified atom stereocenters. The van der Waals surface area contributed by atoms with E-state index < -0.39 is 18.4 Å². The highest BCUT2D eigenvalue weighted by atomic mass is 16.5. The number of allylic oxidation sites excluding steroid dienone is 1. The molecule has 156 valence electrons. The molecule has 0 saturated heterocycles. The van der Waals surface area contributed by atoms with Crippen molar-refractivity contribution in [1.82, 2.24) is 5.32 Å². The first-order chi connectivity index (χ1) is 14.4. The SMILES string of the molecule is COc1ccc(C=C2Oc3cc(OCC(=O)NCC(=O)O)ccc3C2=O)cc1OC. The Balaban J connectivity index is 1.71. The van der Waals surface area contributed by atoms with Crippen molar-refractivity contribution in [2.24, 2.45) is 0 Å². The topological polar surface area (TPSA) is 120 Å². The van der Waals surface area contributed by atoms with Crippen LogP contribution in [-0.2, 0) is 9.59 Å². The van der Waals surface area contributed by atoms with Crippen LogP contribution < -0.4 is 24.3 Å². The summed E-state index contributed by atoms with van der Waals surface area (Å²) in [4.78, 5) is 34.6. The van der Waals surface area contributed by atoms with E-state index in [0.29, 0.717) is 34.1 Å². The summed E-state index contributed by atoms with van der Waals surface area (Å²) in [5.41, 5.74) is 1.06. The second-order valence-electron chi connectivity index (χ2n) is 6.17. The lowest BCUT2D eigenvalue weighted by atomic mass is 10.1. The molecule has 0 aromatic heterocycles. The van der Waals surface area contributed by atoms with Crippen molar-refractivity contribution < 1.29 is 38.4 Å². The van der Waals surface area contributed by atoms with Gasteiger partial charge in [0.1, 0.15) is 18.0 Å². The number of ether oxygens (including phenoxy) is 4. The van der Waals surface area contributed by atoms with Crippen LogP contribution in [0.3, 0.4) is 0 Å². The van der Waals surface area contributed by atoms with Crippen molar-refractivity contribution in [3.8, 4) is 23.0 Å². The fraction of sp³-hybridized carbons (Fsp3) is 0.190. The highest BCUT2D eigenvalue weighted by Crippen LogP contribution is 2.35. The van der Waals surface area contributed by atoms with Crippen molar-refractivity contribution in [2.75, 3.05) is 27.4 Å². The van der Waals surface area contributed by atoms with Gasteiger partial charge >= 0.3 is 5.97 Å². The molecule has 2 N–H and O–H groups in total. The monoisotopic (exact) mass is 413 g/mol. The molecule has 0 bridgehead atoms. The summed E-state index contributed by atoms with van der Waals surface area (Å²) in [6.45, 7) is -0.858. The van der Waals surface area contributed by atoms with Crippen LogP contribution in [0.4, 0.5) is 0 Å². The zero-order chi connectivity index (χ0) is 21.7. The molecule has 0 atom stereocenters. The average molecular weight is 413 g/mol. The average Bonchev–Trinajstić information content (AvgIpc) is 3.05. The number of Topliss-reactive ketones (excluding diaryl/α,β-unsaturated/α-hetero) is 1. The normalized spacial score (nSPS) is 13.4. The molecule has 0 radical (unpaired) electrons. The van der Waals surface area contributed by atoms with Crippen LogP contribution in [0.5, 0.6) is 23.0 Å². The Bertz CT molecular complexity index is 1030. The standard InChI is InChI=1S/C21H19NO8/c1-27-15-6-3-12(7-17(15)28-2)8-18-21(26)14-5-4-13(9-16(14)30-18)29-11-19(23)22-10-20(24)25/h3-9H,10-11H2,1-2H3,(H,22,23)(H,24,25). The molecule has 1 heterocycles. The van der Waals surface area contributed by atoms with Gasteiger partial charge in [-0.25, -0.2) is 0 Å². The molecule has 0 saturated carbocycles. The minimum atomic E-state index is -1.15. The van der Waals surface area contributed by atoms with Gasteiger partial charge in [0, 0.05) is 6.07 Å². The van der Waals surface area contributed by atoms with Crippen LogP contribution >= 0.6 is 0 Å². The van der Waals surface area contributed by atoms with Crippen LogP contribution in [0.1, 0.15) is 15.9 Å². The van der Waals surface area contributed by atoms with E-state index in [1.54, 1.807) is 24.3 Å². The van der Waals surface area contributed by atoms with Crippen molar-refractivity contribution in [2.45, 2.75) is 0 Å². The maximum atomic E-state index is 12.6. The smallest absolute Gasteiger partial charge is 0.322 e. The Morgan fingerprint density at radius 1 is 1.10 bits per heavy atom. The number of hydrogen-bond donors (Lipinski definition) is 2. The van der Waals surface area contributed by atoms with Crippen LogP contribution in [0.15, 0.2) is 42.2 Å². The van der Waals surface area contributed by atoms with Gasteiger partial charge in [-0.2, -0.15) is 0 Å². The van der Waals surface area contributed by atoms with Crippen LogP contribution in [0.2, 0.25) is 0 Å². The predicted octanol–water partition coefficient (Wildman–Crippen LogP) is 1.90. The zero-order valence-corrected chi connectivity index (χ0v) is 16.3. The Morgan fingerprint density at radius 3 is 2.57 bits per heavy atom. The van der Waals surface area contributed by atoms with Gasteiger partial charge in [0.15, 0.2) is 23.9 Å². The maximum absolute atomic E-state index is 12.6. The Labute approximate surface area is 171 Å². The number of fused-ring (bicyclic) bond motifs is 1. The van der Waals surface area contributed by atoms with Crippen LogP contribution in [0.25, 0.3) is 6.08 Å². The first-order valence-corrected chi connectivity index (χ1v) is 8.83. The summed E-state index contributed by atoms with van der Waals surface area (Å²) in [7, 11) is 3.05. The molecular weight excluding hydrogens is 394 g/mol. The fourth-order valence-electron chi connectivity index (χ4n) is 2.73. The third-order valence-corrected chi connectivity index (χ3v) is 4.15. The van der Waals surface area contributed by atoms with E-state index >= 15 is 0 Å². The van der Waals surface area contributed by atoms with Crippen molar-refractivity contribution in [3.05, 3.63) is 53.3 Å². The highest BCUT2D eigenvalue weighted by Gasteiger charge is 2.28. The number of carboxylic acid groups (broad SMARTS) is 1. The van der Waals surface area contributed by atoms with E-state index in [0.717, 1.165) is 0 Å². The Hall–Kier alpha value is -4.01. The molecule has 1 aliphatic rings. The zero-order valence-electron chi connectivity index (χ0n) is 16.3. The molecule has 9 nitrogen and oxygen atoms in total. The molecule has 2 aromatic rings. The molecule has 3 rings (SSSR count). The van der Waals surface area contributed by atoms with Gasteiger partial charge in [-0.05, 0) is 35.9 Å². The van der Waals surface area contributed by atoms with Crippen molar-refractivity contribution in [1.29, 1.82) is 0 Å². The third-order valence-electron chi connectivity index (χ3n) is 4.15. The van der Waals surface area contributed by atoms with Gasteiger partial charge in [-0.15, -0.1) is 0 Å². The maximum Gasteiger partial charge on any atom is 0.322 e. The first kappa shape index (κ1) is 20.7. The quantitative estimate of drug-likeness (QED) is 0.630.